The van der Waals surface area contributed by atoms with Crippen LogP contribution in [0.2, 0.25) is 0 Å². The van der Waals surface area contributed by atoms with E-state index in [0.29, 0.717) is 5.95 Å². The Morgan fingerprint density at radius 2 is 2.00 bits per heavy atom. The summed E-state index contributed by atoms with van der Waals surface area (Å²) in [5, 5.41) is 19.3. The first-order valence-corrected chi connectivity index (χ1v) is 11.7. The van der Waals surface area contributed by atoms with E-state index in [-0.39, 0.29) is 5.84 Å². The van der Waals surface area contributed by atoms with Crippen LogP contribution in [-0.4, -0.2) is 69.9 Å². The third-order valence-corrected chi connectivity index (χ3v) is 6.19. The Bertz CT molecular complexity index is 1180. The minimum Gasteiger partial charge on any atom is -0.389 e. The fourth-order valence-electron chi connectivity index (χ4n) is 4.49. The summed E-state index contributed by atoms with van der Waals surface area (Å²) in [6.07, 6.45) is 7.08. The molecule has 3 aromatic rings. The van der Waals surface area contributed by atoms with Crippen LogP contribution < -0.4 is 10.6 Å². The number of ether oxygens (including phenoxy) is 1. The lowest BCUT2D eigenvalue weighted by atomic mass is 9.91. The Balaban J connectivity index is 1.27. The maximum Gasteiger partial charge on any atom is 0.228 e. The predicted octanol–water partition coefficient (Wildman–Crippen LogP) is 2.47. The van der Waals surface area contributed by atoms with E-state index in [1.54, 1.807) is 12.3 Å². The molecule has 9 nitrogen and oxygen atoms in total. The predicted molar refractivity (Wildman–Crippen MR) is 133 cm³/mol. The van der Waals surface area contributed by atoms with Crippen molar-refractivity contribution in [3.63, 3.8) is 0 Å². The van der Waals surface area contributed by atoms with Crippen LogP contribution >= 0.6 is 0 Å². The second kappa shape index (κ2) is 10.1. The molecule has 0 bridgehead atoms. The van der Waals surface area contributed by atoms with Gasteiger partial charge in [-0.3, -0.25) is 15.0 Å². The zero-order valence-electron chi connectivity index (χ0n) is 19.4. The molecule has 5 rings (SSSR count). The number of nitrogens with zero attached hydrogens (tertiary/aromatic N) is 5. The third kappa shape index (κ3) is 4.85. The summed E-state index contributed by atoms with van der Waals surface area (Å²) in [5.74, 6) is 0.641. The molecule has 3 heterocycles. The van der Waals surface area contributed by atoms with Crippen LogP contribution in [0.15, 0.2) is 48.8 Å². The Labute approximate surface area is 199 Å². The van der Waals surface area contributed by atoms with Gasteiger partial charge in [0, 0.05) is 56.8 Å². The Morgan fingerprint density at radius 1 is 1.18 bits per heavy atom. The standard InChI is InChI=1S/C25H30N8O/c1-32-24(18-5-3-2-4-6-18)22-20(31-32)8-7-19-17-28-25(30-23(19)22)29-21(26)9-10-27-11-12-33-13-15-34-16-14-33/h2-6,9-10,17,27H,7-8,11-16H2,1H3,(H2,26,28,29,30)/b10-9-. The maximum absolute atomic E-state index is 8.26. The zero-order chi connectivity index (χ0) is 23.3. The fourth-order valence-corrected chi connectivity index (χ4v) is 4.49. The number of benzene rings is 1. The smallest absolute Gasteiger partial charge is 0.228 e. The van der Waals surface area contributed by atoms with Gasteiger partial charge in [0.1, 0.15) is 5.84 Å². The van der Waals surface area contributed by atoms with Crippen molar-refractivity contribution in [3.05, 3.63) is 60.1 Å². The third-order valence-electron chi connectivity index (χ3n) is 6.19. The number of aromatic nitrogens is 4. The minimum absolute atomic E-state index is 0.226. The van der Waals surface area contributed by atoms with Crippen LogP contribution in [0.5, 0.6) is 0 Å². The number of morpholine rings is 1. The van der Waals surface area contributed by atoms with Crippen molar-refractivity contribution < 1.29 is 4.74 Å². The largest absolute Gasteiger partial charge is 0.389 e. The topological polar surface area (TPSA) is 104 Å². The van der Waals surface area contributed by atoms with Crippen LogP contribution in [0.25, 0.3) is 22.5 Å². The van der Waals surface area contributed by atoms with Gasteiger partial charge in [-0.2, -0.15) is 5.10 Å². The lowest BCUT2D eigenvalue weighted by Crippen LogP contribution is -2.39. The van der Waals surface area contributed by atoms with Gasteiger partial charge in [-0.25, -0.2) is 9.97 Å². The number of aryl methyl sites for hydroxylation is 3. The molecule has 0 spiro atoms. The molecule has 0 unspecified atom stereocenters. The van der Waals surface area contributed by atoms with E-state index in [9.17, 15) is 0 Å². The van der Waals surface area contributed by atoms with E-state index in [1.165, 1.54) is 0 Å². The Morgan fingerprint density at radius 3 is 2.82 bits per heavy atom. The number of hydrogen-bond acceptors (Lipinski definition) is 7. The lowest BCUT2D eigenvalue weighted by Gasteiger charge is -2.26. The van der Waals surface area contributed by atoms with Gasteiger partial charge in [-0.15, -0.1) is 0 Å². The van der Waals surface area contributed by atoms with Gasteiger partial charge >= 0.3 is 0 Å². The molecule has 0 saturated carbocycles. The summed E-state index contributed by atoms with van der Waals surface area (Å²) in [5.41, 5.74) is 6.28. The summed E-state index contributed by atoms with van der Waals surface area (Å²) in [4.78, 5) is 11.6. The highest BCUT2D eigenvalue weighted by atomic mass is 16.5. The number of nitrogens with one attached hydrogen (secondary N) is 3. The van der Waals surface area contributed by atoms with Crippen LogP contribution in [0.3, 0.4) is 0 Å². The molecular formula is C25H30N8O. The maximum atomic E-state index is 8.26. The molecule has 3 N–H and O–H groups in total. The molecule has 0 atom stereocenters. The van der Waals surface area contributed by atoms with Gasteiger partial charge in [-0.1, -0.05) is 30.3 Å². The second-order valence-corrected chi connectivity index (χ2v) is 8.51. The average molecular weight is 459 g/mol. The van der Waals surface area contributed by atoms with E-state index in [4.69, 9.17) is 20.2 Å². The number of amidine groups is 1. The van der Waals surface area contributed by atoms with Crippen molar-refractivity contribution in [1.29, 1.82) is 5.41 Å². The van der Waals surface area contributed by atoms with E-state index < -0.39 is 0 Å². The normalized spacial score (nSPS) is 15.7. The molecule has 1 aliphatic carbocycles. The zero-order valence-corrected chi connectivity index (χ0v) is 19.4. The first-order chi connectivity index (χ1) is 16.7. The second-order valence-electron chi connectivity index (χ2n) is 8.51. The van der Waals surface area contributed by atoms with Gasteiger partial charge in [0.05, 0.1) is 30.3 Å². The molecule has 176 valence electrons. The molecule has 2 aromatic heterocycles. The van der Waals surface area contributed by atoms with Gasteiger partial charge < -0.3 is 15.4 Å². The highest BCUT2D eigenvalue weighted by Gasteiger charge is 2.27. The molecule has 2 aliphatic rings. The number of fused-ring (bicyclic) bond motifs is 3. The summed E-state index contributed by atoms with van der Waals surface area (Å²) in [6, 6.07) is 10.3. The molecule has 0 radical (unpaired) electrons. The molecule has 9 heteroatoms. The summed E-state index contributed by atoms with van der Waals surface area (Å²) in [6.45, 7) is 5.34. The lowest BCUT2D eigenvalue weighted by molar-refractivity contribution is 0.0388. The first kappa shape index (κ1) is 22.2. The van der Waals surface area contributed by atoms with Gasteiger partial charge in [0.2, 0.25) is 5.95 Å². The van der Waals surface area contributed by atoms with Crippen LogP contribution in [0.1, 0.15) is 11.3 Å². The number of anilines is 1. The fraction of sp³-hybridized carbons (Fsp3) is 0.360. The van der Waals surface area contributed by atoms with Crippen molar-refractivity contribution in [2.45, 2.75) is 12.8 Å². The molecule has 34 heavy (non-hydrogen) atoms. The molecule has 0 amide bonds. The molecule has 1 aliphatic heterocycles. The van der Waals surface area contributed by atoms with Crippen LogP contribution in [0.4, 0.5) is 5.95 Å². The van der Waals surface area contributed by atoms with Crippen molar-refractivity contribution >= 4 is 11.8 Å². The summed E-state index contributed by atoms with van der Waals surface area (Å²) < 4.78 is 7.31. The molecule has 1 aromatic carbocycles. The van der Waals surface area contributed by atoms with Crippen LogP contribution in [0, 0.1) is 5.41 Å². The van der Waals surface area contributed by atoms with Crippen molar-refractivity contribution in [2.75, 3.05) is 44.7 Å². The quantitative estimate of drug-likeness (QED) is 0.284. The van der Waals surface area contributed by atoms with Crippen molar-refractivity contribution in [1.82, 2.24) is 30.0 Å². The Hall–Kier alpha value is -3.56. The summed E-state index contributed by atoms with van der Waals surface area (Å²) in [7, 11) is 1.98. The minimum atomic E-state index is 0.226. The van der Waals surface area contributed by atoms with E-state index in [1.807, 2.05) is 36.1 Å². The molecule has 1 saturated heterocycles. The number of hydrogen-bond donors (Lipinski definition) is 3. The SMILES string of the molecule is Cn1nc2c(c1-c1ccccc1)-c1nc(NC(=N)/C=C\NCCN3CCOCC3)ncc1CC2. The van der Waals surface area contributed by atoms with Crippen LogP contribution in [-0.2, 0) is 24.6 Å². The van der Waals surface area contributed by atoms with Gasteiger partial charge in [0.25, 0.3) is 0 Å². The van der Waals surface area contributed by atoms with E-state index in [2.05, 4.69) is 32.7 Å². The number of rotatable bonds is 7. The summed E-state index contributed by atoms with van der Waals surface area (Å²) >= 11 is 0. The van der Waals surface area contributed by atoms with E-state index >= 15 is 0 Å². The van der Waals surface area contributed by atoms with Crippen molar-refractivity contribution in [3.8, 4) is 22.5 Å². The van der Waals surface area contributed by atoms with E-state index in [0.717, 1.165) is 86.0 Å². The van der Waals surface area contributed by atoms with Gasteiger partial charge in [-0.05, 0) is 24.5 Å². The highest BCUT2D eigenvalue weighted by molar-refractivity contribution is 6.00. The van der Waals surface area contributed by atoms with Gasteiger partial charge in [0.15, 0.2) is 0 Å². The van der Waals surface area contributed by atoms with Crippen molar-refractivity contribution in [2.24, 2.45) is 7.05 Å². The molecule has 1 fully saturated rings. The molecular weight excluding hydrogens is 428 g/mol. The first-order valence-electron chi connectivity index (χ1n) is 11.7. The highest BCUT2D eigenvalue weighted by Crippen LogP contribution is 2.39. The average Bonchev–Trinajstić information content (AvgIpc) is 3.21. The monoisotopic (exact) mass is 458 g/mol. The Kier molecular flexibility index (Phi) is 6.64.